The lowest BCUT2D eigenvalue weighted by Crippen LogP contribution is -2.18. The molecule has 1 heterocycles. The molecule has 2 aromatic carbocycles. The SMILES string of the molecule is CCOC(=O)c1c(C(=O)c2ccccc2[N+](=O)[O-])nnn1Cc1ccc(OC)cc1. The molecule has 3 rings (SSSR count). The van der Waals surface area contributed by atoms with Gasteiger partial charge in [0, 0.05) is 6.07 Å². The number of ketones is 1. The standard InChI is InChI=1S/C20H18N4O6/c1-3-30-20(26)18-17(19(25)15-6-4-5-7-16(15)24(27)28)21-22-23(18)12-13-8-10-14(29-2)11-9-13/h4-11H,3,12H2,1-2H3. The van der Waals surface area contributed by atoms with Gasteiger partial charge in [-0.3, -0.25) is 14.9 Å². The maximum Gasteiger partial charge on any atom is 0.359 e. The van der Waals surface area contributed by atoms with Gasteiger partial charge in [-0.1, -0.05) is 29.5 Å². The molecular formula is C20H18N4O6. The van der Waals surface area contributed by atoms with Crippen LogP contribution in [0, 0.1) is 10.1 Å². The van der Waals surface area contributed by atoms with E-state index in [0.717, 1.165) is 5.56 Å². The molecule has 1 aromatic heterocycles. The second-order valence-electron chi connectivity index (χ2n) is 6.12. The summed E-state index contributed by atoms with van der Waals surface area (Å²) in [5.74, 6) is -0.917. The highest BCUT2D eigenvalue weighted by Gasteiger charge is 2.30. The predicted octanol–water partition coefficient (Wildman–Crippen LogP) is 2.65. The van der Waals surface area contributed by atoms with Crippen molar-refractivity contribution in [1.29, 1.82) is 0 Å². The molecule has 0 aliphatic heterocycles. The minimum absolute atomic E-state index is 0.0751. The second kappa shape index (κ2) is 8.95. The summed E-state index contributed by atoms with van der Waals surface area (Å²) in [6.45, 7) is 1.83. The lowest BCUT2D eigenvalue weighted by atomic mass is 10.0. The molecule has 0 aliphatic rings. The van der Waals surface area contributed by atoms with Gasteiger partial charge in [0.25, 0.3) is 5.69 Å². The van der Waals surface area contributed by atoms with Crippen LogP contribution in [0.25, 0.3) is 0 Å². The van der Waals surface area contributed by atoms with Crippen LogP contribution in [-0.4, -0.2) is 45.4 Å². The molecule has 0 bridgehead atoms. The minimum Gasteiger partial charge on any atom is -0.497 e. The van der Waals surface area contributed by atoms with Crippen molar-refractivity contribution < 1.29 is 24.0 Å². The molecule has 0 saturated heterocycles. The van der Waals surface area contributed by atoms with Crippen molar-refractivity contribution in [3.8, 4) is 5.75 Å². The van der Waals surface area contributed by atoms with Gasteiger partial charge >= 0.3 is 5.97 Å². The smallest absolute Gasteiger partial charge is 0.359 e. The van der Waals surface area contributed by atoms with Gasteiger partial charge in [0.05, 0.1) is 25.2 Å². The topological polar surface area (TPSA) is 126 Å². The van der Waals surface area contributed by atoms with E-state index >= 15 is 0 Å². The zero-order valence-corrected chi connectivity index (χ0v) is 16.3. The Labute approximate surface area is 171 Å². The molecule has 0 amide bonds. The molecule has 0 unspecified atom stereocenters. The molecule has 0 radical (unpaired) electrons. The highest BCUT2D eigenvalue weighted by molar-refractivity contribution is 6.14. The van der Waals surface area contributed by atoms with Crippen LogP contribution in [0.4, 0.5) is 5.69 Å². The van der Waals surface area contributed by atoms with Crippen LogP contribution in [0.15, 0.2) is 48.5 Å². The van der Waals surface area contributed by atoms with Gasteiger partial charge in [-0.2, -0.15) is 0 Å². The van der Waals surface area contributed by atoms with E-state index in [1.807, 2.05) is 0 Å². The van der Waals surface area contributed by atoms with Gasteiger partial charge in [0.1, 0.15) is 11.3 Å². The molecule has 10 heteroatoms. The molecule has 0 N–H and O–H groups in total. The van der Waals surface area contributed by atoms with E-state index in [0.29, 0.717) is 5.75 Å². The second-order valence-corrected chi connectivity index (χ2v) is 6.12. The number of hydrogen-bond donors (Lipinski definition) is 0. The number of benzene rings is 2. The van der Waals surface area contributed by atoms with Crippen molar-refractivity contribution in [1.82, 2.24) is 15.0 Å². The lowest BCUT2D eigenvalue weighted by molar-refractivity contribution is -0.385. The molecule has 3 aromatic rings. The van der Waals surface area contributed by atoms with Gasteiger partial charge in [0.2, 0.25) is 5.78 Å². The Morgan fingerprint density at radius 2 is 1.83 bits per heavy atom. The molecule has 0 saturated carbocycles. The normalized spacial score (nSPS) is 10.5. The van der Waals surface area contributed by atoms with Crippen LogP contribution >= 0.6 is 0 Å². The summed E-state index contributed by atoms with van der Waals surface area (Å²) < 4.78 is 11.4. The van der Waals surface area contributed by atoms with Crippen molar-refractivity contribution in [2.24, 2.45) is 0 Å². The minimum atomic E-state index is -0.794. The molecule has 154 valence electrons. The van der Waals surface area contributed by atoms with Crippen LogP contribution in [0.2, 0.25) is 0 Å². The maximum atomic E-state index is 13.0. The van der Waals surface area contributed by atoms with Crippen molar-refractivity contribution in [3.05, 3.63) is 81.2 Å². The molecule has 30 heavy (non-hydrogen) atoms. The fourth-order valence-corrected chi connectivity index (χ4v) is 2.83. The van der Waals surface area contributed by atoms with Crippen LogP contribution in [-0.2, 0) is 11.3 Å². The third kappa shape index (κ3) is 4.17. The van der Waals surface area contributed by atoms with Crippen LogP contribution in [0.1, 0.15) is 39.0 Å². The summed E-state index contributed by atoms with van der Waals surface area (Å²) in [6, 6.07) is 12.5. The number of nitro benzene ring substituents is 1. The third-order valence-electron chi connectivity index (χ3n) is 4.26. The van der Waals surface area contributed by atoms with E-state index in [1.54, 1.807) is 38.3 Å². The number of rotatable bonds is 8. The Morgan fingerprint density at radius 3 is 2.47 bits per heavy atom. The predicted molar refractivity (Wildman–Crippen MR) is 105 cm³/mol. The maximum absolute atomic E-state index is 13.0. The van der Waals surface area contributed by atoms with Gasteiger partial charge in [0.15, 0.2) is 11.4 Å². The molecule has 10 nitrogen and oxygen atoms in total. The molecular weight excluding hydrogens is 392 g/mol. The molecule has 0 spiro atoms. The molecule has 0 atom stereocenters. The highest BCUT2D eigenvalue weighted by atomic mass is 16.6. The number of carbonyl (C=O) groups excluding carboxylic acids is 2. The van der Waals surface area contributed by atoms with Crippen molar-refractivity contribution in [2.45, 2.75) is 13.5 Å². The number of methoxy groups -OCH3 is 1. The number of nitro groups is 1. The number of hydrogen-bond acceptors (Lipinski definition) is 8. The van der Waals surface area contributed by atoms with Crippen molar-refractivity contribution in [3.63, 3.8) is 0 Å². The van der Waals surface area contributed by atoms with E-state index < -0.39 is 16.7 Å². The number of para-hydroxylation sites is 1. The van der Waals surface area contributed by atoms with E-state index in [-0.39, 0.29) is 35.8 Å². The Bertz CT molecular complexity index is 1090. The fourth-order valence-electron chi connectivity index (χ4n) is 2.83. The van der Waals surface area contributed by atoms with Crippen LogP contribution < -0.4 is 4.74 Å². The Morgan fingerprint density at radius 1 is 1.13 bits per heavy atom. The summed E-state index contributed by atoms with van der Waals surface area (Å²) in [6.07, 6.45) is 0. The van der Waals surface area contributed by atoms with Crippen LogP contribution in [0.3, 0.4) is 0 Å². The summed E-state index contributed by atoms with van der Waals surface area (Å²) >= 11 is 0. The first-order valence-corrected chi connectivity index (χ1v) is 8.97. The number of ether oxygens (including phenoxy) is 2. The largest absolute Gasteiger partial charge is 0.497 e. The van der Waals surface area contributed by atoms with Gasteiger partial charge < -0.3 is 9.47 Å². The average Bonchev–Trinajstić information content (AvgIpc) is 3.17. The molecule has 0 aliphatic carbocycles. The first-order chi connectivity index (χ1) is 14.5. The van der Waals surface area contributed by atoms with E-state index in [9.17, 15) is 19.7 Å². The summed E-state index contributed by atoms with van der Waals surface area (Å²) in [5, 5.41) is 19.1. The Hall–Kier alpha value is -4.08. The van der Waals surface area contributed by atoms with E-state index in [2.05, 4.69) is 10.3 Å². The van der Waals surface area contributed by atoms with Gasteiger partial charge in [-0.15, -0.1) is 5.10 Å². The lowest BCUT2D eigenvalue weighted by Gasteiger charge is -2.08. The summed E-state index contributed by atoms with van der Waals surface area (Å²) in [5.41, 5.74) is -0.283. The first-order valence-electron chi connectivity index (χ1n) is 8.97. The zero-order chi connectivity index (χ0) is 21.7. The third-order valence-corrected chi connectivity index (χ3v) is 4.26. The fraction of sp³-hybridized carbons (Fsp3) is 0.200. The summed E-state index contributed by atoms with van der Waals surface area (Å²) in [7, 11) is 1.55. The summed E-state index contributed by atoms with van der Waals surface area (Å²) in [4.78, 5) is 36.2. The number of carbonyl (C=O) groups is 2. The quantitative estimate of drug-likeness (QED) is 0.240. The highest BCUT2D eigenvalue weighted by Crippen LogP contribution is 2.23. The van der Waals surface area contributed by atoms with E-state index in [4.69, 9.17) is 9.47 Å². The monoisotopic (exact) mass is 410 g/mol. The number of nitrogens with zero attached hydrogens (tertiary/aromatic N) is 4. The first kappa shape index (κ1) is 20.6. The van der Waals surface area contributed by atoms with Gasteiger partial charge in [-0.05, 0) is 30.7 Å². The zero-order valence-electron chi connectivity index (χ0n) is 16.3. The van der Waals surface area contributed by atoms with E-state index in [1.165, 1.54) is 28.9 Å². The Kier molecular flexibility index (Phi) is 6.16. The van der Waals surface area contributed by atoms with Crippen molar-refractivity contribution >= 4 is 17.4 Å². The van der Waals surface area contributed by atoms with Crippen molar-refractivity contribution in [2.75, 3.05) is 13.7 Å². The van der Waals surface area contributed by atoms with Crippen LogP contribution in [0.5, 0.6) is 5.75 Å². The number of aromatic nitrogens is 3. The molecule has 0 fully saturated rings. The average molecular weight is 410 g/mol. The number of esters is 1. The Balaban J connectivity index is 2.04. The van der Waals surface area contributed by atoms with Gasteiger partial charge in [-0.25, -0.2) is 9.48 Å².